The van der Waals surface area contributed by atoms with Gasteiger partial charge in [-0.2, -0.15) is 0 Å². The van der Waals surface area contributed by atoms with E-state index in [0.717, 1.165) is 66.8 Å². The molecule has 14 aromatic rings. The lowest BCUT2D eigenvalue weighted by Crippen LogP contribution is -2.03. The number of nitrogens with zero attached hydrogens (tertiary/aromatic N) is 4. The third kappa shape index (κ3) is 6.62. The van der Waals surface area contributed by atoms with Gasteiger partial charge in [0.05, 0.1) is 16.7 Å². The molecule has 0 saturated heterocycles. The van der Waals surface area contributed by atoms with Crippen LogP contribution in [0.25, 0.3) is 137 Å². The average molecular weight is 909 g/mol. The molecule has 0 aliphatic carbocycles. The molecule has 0 atom stereocenters. The van der Waals surface area contributed by atoms with Crippen molar-refractivity contribution in [3.63, 3.8) is 0 Å². The van der Waals surface area contributed by atoms with Crippen LogP contribution in [0, 0.1) is 0 Å². The first kappa shape index (κ1) is 40.1. The van der Waals surface area contributed by atoms with Gasteiger partial charge in [-0.05, 0) is 104 Å². The molecule has 4 nitrogen and oxygen atoms in total. The summed E-state index contributed by atoms with van der Waals surface area (Å²) in [6, 6.07) is 87.1. The number of rotatable bonds is 7. The van der Waals surface area contributed by atoms with E-state index in [0.29, 0.717) is 17.5 Å². The van der Waals surface area contributed by atoms with Crippen LogP contribution in [-0.4, -0.2) is 19.5 Å². The van der Waals surface area contributed by atoms with Gasteiger partial charge in [-0.3, -0.25) is 0 Å². The minimum absolute atomic E-state index is 0.597. The standard InChI is InChI=1S/C65H40N4S/c1-3-18-41(19-4-1)48-26-11-13-28-51(48)64-66-63(67-65(68-64)52-29-14-12-27-49(52)42-20-5-2-6-21-42)47-34-35-57(54(38-47)50-31-17-33-61-62(50)53-30-15-16-32-60(53)70-61)69-58-39-45-24-9-7-22-43(45)36-55(58)56-37-44-23-8-10-25-46(44)40-59(56)69/h1-40H. The molecule has 3 aromatic heterocycles. The molecule has 0 fully saturated rings. The van der Waals surface area contributed by atoms with Gasteiger partial charge in [0.25, 0.3) is 0 Å². The summed E-state index contributed by atoms with van der Waals surface area (Å²) in [6.45, 7) is 0. The number of fused-ring (bicyclic) bond motifs is 8. The lowest BCUT2D eigenvalue weighted by atomic mass is 9.95. The Morgan fingerprint density at radius 3 is 1.33 bits per heavy atom. The molecule has 0 aliphatic heterocycles. The Kier molecular flexibility index (Phi) is 9.36. The van der Waals surface area contributed by atoms with Gasteiger partial charge in [-0.15, -0.1) is 11.3 Å². The van der Waals surface area contributed by atoms with Crippen molar-refractivity contribution in [3.8, 4) is 73.2 Å². The number of aromatic nitrogens is 4. The van der Waals surface area contributed by atoms with Crippen molar-refractivity contribution in [2.75, 3.05) is 0 Å². The van der Waals surface area contributed by atoms with Crippen molar-refractivity contribution in [2.24, 2.45) is 0 Å². The summed E-state index contributed by atoms with van der Waals surface area (Å²) in [4.78, 5) is 16.3. The zero-order valence-corrected chi connectivity index (χ0v) is 38.6. The van der Waals surface area contributed by atoms with Crippen molar-refractivity contribution in [2.45, 2.75) is 0 Å². The molecule has 70 heavy (non-hydrogen) atoms. The second-order valence-electron chi connectivity index (χ2n) is 17.9. The van der Waals surface area contributed by atoms with Gasteiger partial charge in [0.15, 0.2) is 17.5 Å². The average Bonchev–Trinajstić information content (AvgIpc) is 3.96. The van der Waals surface area contributed by atoms with Crippen LogP contribution in [0.2, 0.25) is 0 Å². The fourth-order valence-corrected chi connectivity index (χ4v) is 11.7. The van der Waals surface area contributed by atoms with Crippen LogP contribution in [0.1, 0.15) is 0 Å². The SMILES string of the molecule is c1ccc(-c2ccccc2-c2nc(-c3ccc(-n4c5cc6ccccc6cc5c5cc6ccccc6cc54)c(-c4cccc5sc6ccccc6c45)c3)nc(-c3ccccc3-c3ccccc3)n2)cc1. The minimum atomic E-state index is 0.597. The Labute approximate surface area is 408 Å². The van der Waals surface area contributed by atoms with Crippen LogP contribution in [0.4, 0.5) is 0 Å². The smallest absolute Gasteiger partial charge is 0.164 e. The van der Waals surface area contributed by atoms with E-state index < -0.39 is 0 Å². The third-order valence-electron chi connectivity index (χ3n) is 13.8. The topological polar surface area (TPSA) is 43.6 Å². The third-order valence-corrected chi connectivity index (χ3v) is 15.0. The fourth-order valence-electron chi connectivity index (χ4n) is 10.6. The highest BCUT2D eigenvalue weighted by Crippen LogP contribution is 2.46. The first-order chi connectivity index (χ1) is 34.7. The normalized spacial score (nSPS) is 11.7. The maximum atomic E-state index is 5.46. The molecule has 0 unspecified atom stereocenters. The van der Waals surface area contributed by atoms with Crippen molar-refractivity contribution in [3.05, 3.63) is 243 Å². The van der Waals surface area contributed by atoms with Crippen molar-refractivity contribution >= 4 is 74.9 Å². The Morgan fingerprint density at radius 1 is 0.286 bits per heavy atom. The van der Waals surface area contributed by atoms with Gasteiger partial charge in [-0.1, -0.05) is 188 Å². The Hall–Kier alpha value is -9.03. The summed E-state index contributed by atoms with van der Waals surface area (Å²) in [6.07, 6.45) is 0. The number of hydrogen-bond acceptors (Lipinski definition) is 4. The zero-order valence-electron chi connectivity index (χ0n) is 37.8. The van der Waals surface area contributed by atoms with E-state index in [-0.39, 0.29) is 0 Å². The molecule has 0 amide bonds. The Balaban J connectivity index is 1.08. The van der Waals surface area contributed by atoms with Crippen LogP contribution in [0.3, 0.4) is 0 Å². The second kappa shape index (κ2) is 16.3. The van der Waals surface area contributed by atoms with Crippen LogP contribution in [0.15, 0.2) is 243 Å². The van der Waals surface area contributed by atoms with Gasteiger partial charge < -0.3 is 4.57 Å². The van der Waals surface area contributed by atoms with Crippen molar-refractivity contribution < 1.29 is 0 Å². The van der Waals surface area contributed by atoms with Crippen LogP contribution in [-0.2, 0) is 0 Å². The summed E-state index contributed by atoms with van der Waals surface area (Å²) >= 11 is 1.84. The minimum Gasteiger partial charge on any atom is -0.309 e. The van der Waals surface area contributed by atoms with E-state index in [9.17, 15) is 0 Å². The molecule has 0 spiro atoms. The molecule has 0 N–H and O–H groups in total. The van der Waals surface area contributed by atoms with E-state index in [1.54, 1.807) is 0 Å². The van der Waals surface area contributed by atoms with Gasteiger partial charge in [0.2, 0.25) is 0 Å². The van der Waals surface area contributed by atoms with Crippen LogP contribution in [0.5, 0.6) is 0 Å². The van der Waals surface area contributed by atoms with E-state index in [2.05, 4.69) is 247 Å². The summed E-state index contributed by atoms with van der Waals surface area (Å²) in [5.74, 6) is 1.82. The number of benzene rings is 11. The molecule has 0 bridgehead atoms. The van der Waals surface area contributed by atoms with Gasteiger partial charge in [0.1, 0.15) is 0 Å². The van der Waals surface area contributed by atoms with E-state index in [1.165, 1.54) is 52.5 Å². The van der Waals surface area contributed by atoms with Crippen molar-refractivity contribution in [1.29, 1.82) is 0 Å². The highest BCUT2D eigenvalue weighted by molar-refractivity contribution is 7.25. The van der Waals surface area contributed by atoms with Crippen LogP contribution < -0.4 is 0 Å². The summed E-state index contributed by atoms with van der Waals surface area (Å²) < 4.78 is 5.00. The zero-order chi connectivity index (χ0) is 46.1. The lowest BCUT2D eigenvalue weighted by Gasteiger charge is -2.18. The lowest BCUT2D eigenvalue weighted by molar-refractivity contribution is 1.07. The van der Waals surface area contributed by atoms with Crippen molar-refractivity contribution in [1.82, 2.24) is 19.5 Å². The molecular formula is C65H40N4S. The quantitative estimate of drug-likeness (QED) is 0.160. The van der Waals surface area contributed by atoms with Gasteiger partial charge >= 0.3 is 0 Å². The van der Waals surface area contributed by atoms with E-state index in [4.69, 9.17) is 15.0 Å². The maximum absolute atomic E-state index is 5.46. The molecule has 326 valence electrons. The summed E-state index contributed by atoms with van der Waals surface area (Å²) in [5.41, 5.74) is 12.7. The van der Waals surface area contributed by atoms with E-state index in [1.807, 2.05) is 11.3 Å². The molecule has 5 heteroatoms. The predicted octanol–water partition coefficient (Wildman–Crippen LogP) is 17.6. The Morgan fingerprint density at radius 2 is 0.743 bits per heavy atom. The molecule has 0 aliphatic rings. The maximum Gasteiger partial charge on any atom is 0.164 e. The first-order valence-electron chi connectivity index (χ1n) is 23.7. The molecule has 0 saturated carbocycles. The summed E-state index contributed by atoms with van der Waals surface area (Å²) in [7, 11) is 0. The monoisotopic (exact) mass is 908 g/mol. The fraction of sp³-hybridized carbons (Fsp3) is 0. The highest BCUT2D eigenvalue weighted by Gasteiger charge is 2.23. The second-order valence-corrected chi connectivity index (χ2v) is 19.0. The van der Waals surface area contributed by atoms with Gasteiger partial charge in [0, 0.05) is 53.2 Å². The van der Waals surface area contributed by atoms with Gasteiger partial charge in [-0.25, -0.2) is 15.0 Å². The molecule has 3 heterocycles. The van der Waals surface area contributed by atoms with Crippen LogP contribution >= 0.6 is 11.3 Å². The highest BCUT2D eigenvalue weighted by atomic mass is 32.1. The number of hydrogen-bond donors (Lipinski definition) is 0. The molecule has 11 aromatic carbocycles. The molecule has 14 rings (SSSR count). The summed E-state index contributed by atoms with van der Waals surface area (Å²) in [5, 5.41) is 9.75. The molecule has 0 radical (unpaired) electrons. The molecular weight excluding hydrogens is 869 g/mol. The Bertz CT molecular complexity index is 4170. The van der Waals surface area contributed by atoms with E-state index >= 15 is 0 Å². The largest absolute Gasteiger partial charge is 0.309 e. The number of thiophene rings is 1. The first-order valence-corrected chi connectivity index (χ1v) is 24.5. The predicted molar refractivity (Wildman–Crippen MR) is 295 cm³/mol.